The highest BCUT2D eigenvalue weighted by atomic mass is 32.1. The molecule has 17 heavy (non-hydrogen) atoms. The number of hydrogen-bond acceptors (Lipinski definition) is 3. The number of hydrogen-bond donors (Lipinski definition) is 1. The third-order valence-electron chi connectivity index (χ3n) is 3.92. The van der Waals surface area contributed by atoms with Crippen LogP contribution in [0.3, 0.4) is 0 Å². The Morgan fingerprint density at radius 2 is 2.00 bits per heavy atom. The van der Waals surface area contributed by atoms with Gasteiger partial charge in [0.05, 0.1) is 0 Å². The van der Waals surface area contributed by atoms with Gasteiger partial charge in [-0.05, 0) is 38.1 Å². The van der Waals surface area contributed by atoms with Gasteiger partial charge >= 0.3 is 0 Å². The molecule has 0 amide bonds. The van der Waals surface area contributed by atoms with Gasteiger partial charge in [-0.15, -0.1) is 11.3 Å². The number of thiazole rings is 1. The van der Waals surface area contributed by atoms with Gasteiger partial charge in [0.25, 0.3) is 0 Å². The minimum atomic E-state index is 0.902. The summed E-state index contributed by atoms with van der Waals surface area (Å²) < 4.78 is 0. The lowest BCUT2D eigenvalue weighted by Crippen LogP contribution is -2.26. The smallest absolute Gasteiger partial charge is 0.107 e. The summed E-state index contributed by atoms with van der Waals surface area (Å²) in [6.45, 7) is 6.52. The van der Waals surface area contributed by atoms with Crippen LogP contribution < -0.4 is 5.32 Å². The Morgan fingerprint density at radius 3 is 2.59 bits per heavy atom. The Labute approximate surface area is 109 Å². The Bertz CT molecular complexity index is 327. The van der Waals surface area contributed by atoms with Crippen LogP contribution in [0.4, 0.5) is 0 Å². The summed E-state index contributed by atoms with van der Waals surface area (Å²) in [7, 11) is 0. The van der Waals surface area contributed by atoms with E-state index in [0.717, 1.165) is 24.1 Å². The maximum Gasteiger partial charge on any atom is 0.107 e. The Kier molecular flexibility index (Phi) is 4.99. The first-order chi connectivity index (χ1) is 8.28. The van der Waals surface area contributed by atoms with E-state index in [-0.39, 0.29) is 0 Å². The molecule has 96 valence electrons. The van der Waals surface area contributed by atoms with Crippen molar-refractivity contribution < 1.29 is 0 Å². The predicted molar refractivity (Wildman–Crippen MR) is 74.3 cm³/mol. The molecule has 1 fully saturated rings. The highest BCUT2D eigenvalue weighted by molar-refractivity contribution is 7.09. The second-order valence-electron chi connectivity index (χ2n) is 5.31. The number of nitrogens with one attached hydrogen (secondary N) is 1. The molecule has 1 N–H and O–H groups in total. The van der Waals surface area contributed by atoms with E-state index >= 15 is 0 Å². The summed E-state index contributed by atoms with van der Waals surface area (Å²) in [5.41, 5.74) is 1.15. The van der Waals surface area contributed by atoms with E-state index in [1.807, 2.05) is 0 Å². The van der Waals surface area contributed by atoms with Crippen molar-refractivity contribution >= 4 is 11.3 Å². The zero-order valence-corrected chi connectivity index (χ0v) is 11.9. The number of aromatic nitrogens is 1. The maximum absolute atomic E-state index is 4.47. The van der Waals surface area contributed by atoms with Crippen molar-refractivity contribution in [3.63, 3.8) is 0 Å². The first-order valence-corrected chi connectivity index (χ1v) is 7.77. The molecule has 0 atom stereocenters. The van der Waals surface area contributed by atoms with Crippen LogP contribution in [0, 0.1) is 18.8 Å². The normalized spacial score (nSPS) is 25.1. The molecular formula is C14H24N2S. The van der Waals surface area contributed by atoms with Crippen LogP contribution in [-0.2, 0) is 6.54 Å². The SMILES string of the molecule is CCC1CCC(CNCc2nc(C)cs2)CC1. The Morgan fingerprint density at radius 1 is 1.29 bits per heavy atom. The van der Waals surface area contributed by atoms with E-state index in [1.54, 1.807) is 11.3 Å². The summed E-state index contributed by atoms with van der Waals surface area (Å²) in [5, 5.41) is 6.92. The molecule has 1 aromatic heterocycles. The van der Waals surface area contributed by atoms with Crippen LogP contribution in [0.15, 0.2) is 5.38 Å². The molecule has 3 heteroatoms. The molecule has 0 aliphatic heterocycles. The molecular weight excluding hydrogens is 228 g/mol. The van der Waals surface area contributed by atoms with E-state index in [1.165, 1.54) is 43.7 Å². The molecule has 0 spiro atoms. The highest BCUT2D eigenvalue weighted by Gasteiger charge is 2.19. The van der Waals surface area contributed by atoms with Gasteiger partial charge in [0, 0.05) is 17.6 Å². The largest absolute Gasteiger partial charge is 0.310 e. The summed E-state index contributed by atoms with van der Waals surface area (Å²) in [4.78, 5) is 4.47. The number of aryl methyl sites for hydroxylation is 1. The van der Waals surface area contributed by atoms with Crippen LogP contribution in [-0.4, -0.2) is 11.5 Å². The van der Waals surface area contributed by atoms with E-state index in [9.17, 15) is 0 Å². The maximum atomic E-state index is 4.47. The minimum absolute atomic E-state index is 0.902. The van der Waals surface area contributed by atoms with Crippen molar-refractivity contribution in [1.29, 1.82) is 0 Å². The van der Waals surface area contributed by atoms with E-state index < -0.39 is 0 Å². The molecule has 0 radical (unpaired) electrons. The van der Waals surface area contributed by atoms with Crippen molar-refractivity contribution in [2.45, 2.75) is 52.5 Å². The van der Waals surface area contributed by atoms with Gasteiger partial charge in [0.2, 0.25) is 0 Å². The average molecular weight is 252 g/mol. The summed E-state index contributed by atoms with van der Waals surface area (Å²) >= 11 is 1.77. The van der Waals surface area contributed by atoms with Crippen molar-refractivity contribution in [3.05, 3.63) is 16.1 Å². The van der Waals surface area contributed by atoms with Gasteiger partial charge < -0.3 is 5.32 Å². The molecule has 1 aromatic rings. The Balaban J connectivity index is 1.63. The molecule has 1 aliphatic rings. The standard InChI is InChI=1S/C14H24N2S/c1-3-12-4-6-13(7-5-12)8-15-9-14-16-11(2)10-17-14/h10,12-13,15H,3-9H2,1-2H3. The first kappa shape index (κ1) is 13.0. The van der Waals surface area contributed by atoms with Crippen LogP contribution in [0.25, 0.3) is 0 Å². The van der Waals surface area contributed by atoms with Gasteiger partial charge in [0.1, 0.15) is 5.01 Å². The molecule has 2 rings (SSSR count). The molecule has 0 unspecified atom stereocenters. The molecule has 0 saturated heterocycles. The number of rotatable bonds is 5. The van der Waals surface area contributed by atoms with Crippen LogP contribution in [0.1, 0.15) is 49.7 Å². The zero-order chi connectivity index (χ0) is 12.1. The highest BCUT2D eigenvalue weighted by Crippen LogP contribution is 2.30. The molecule has 2 nitrogen and oxygen atoms in total. The van der Waals surface area contributed by atoms with Gasteiger partial charge in [-0.1, -0.05) is 26.2 Å². The van der Waals surface area contributed by atoms with Crippen LogP contribution >= 0.6 is 11.3 Å². The number of nitrogens with zero attached hydrogens (tertiary/aromatic N) is 1. The van der Waals surface area contributed by atoms with E-state index in [0.29, 0.717) is 0 Å². The second kappa shape index (κ2) is 6.50. The fourth-order valence-corrected chi connectivity index (χ4v) is 3.45. The van der Waals surface area contributed by atoms with Crippen LogP contribution in [0.5, 0.6) is 0 Å². The molecule has 0 aromatic carbocycles. The Hall–Kier alpha value is -0.410. The van der Waals surface area contributed by atoms with Crippen LogP contribution in [0.2, 0.25) is 0 Å². The molecule has 1 aliphatic carbocycles. The van der Waals surface area contributed by atoms with E-state index in [4.69, 9.17) is 0 Å². The minimum Gasteiger partial charge on any atom is -0.310 e. The van der Waals surface area contributed by atoms with E-state index in [2.05, 4.69) is 29.5 Å². The van der Waals surface area contributed by atoms with Crippen molar-refractivity contribution in [2.75, 3.05) is 6.54 Å². The third-order valence-corrected chi connectivity index (χ3v) is 4.89. The van der Waals surface area contributed by atoms with Gasteiger partial charge in [0.15, 0.2) is 0 Å². The molecule has 1 heterocycles. The quantitative estimate of drug-likeness (QED) is 0.863. The second-order valence-corrected chi connectivity index (χ2v) is 6.25. The van der Waals surface area contributed by atoms with Gasteiger partial charge in [-0.25, -0.2) is 4.98 Å². The molecule has 0 bridgehead atoms. The lowest BCUT2D eigenvalue weighted by molar-refractivity contribution is 0.262. The summed E-state index contributed by atoms with van der Waals surface area (Å²) in [5.74, 6) is 1.91. The van der Waals surface area contributed by atoms with Crippen molar-refractivity contribution in [2.24, 2.45) is 11.8 Å². The van der Waals surface area contributed by atoms with Crippen molar-refractivity contribution in [3.8, 4) is 0 Å². The van der Waals surface area contributed by atoms with Crippen molar-refractivity contribution in [1.82, 2.24) is 10.3 Å². The van der Waals surface area contributed by atoms with Gasteiger partial charge in [-0.3, -0.25) is 0 Å². The van der Waals surface area contributed by atoms with Gasteiger partial charge in [-0.2, -0.15) is 0 Å². The fourth-order valence-electron chi connectivity index (χ4n) is 2.71. The summed E-state index contributed by atoms with van der Waals surface area (Å²) in [6.07, 6.45) is 7.10. The average Bonchev–Trinajstić information content (AvgIpc) is 2.76. The monoisotopic (exact) mass is 252 g/mol. The summed E-state index contributed by atoms with van der Waals surface area (Å²) in [6, 6.07) is 0. The zero-order valence-electron chi connectivity index (χ0n) is 11.0. The molecule has 1 saturated carbocycles. The predicted octanol–water partition coefficient (Wildman–Crippen LogP) is 3.76. The lowest BCUT2D eigenvalue weighted by atomic mass is 9.81. The fraction of sp³-hybridized carbons (Fsp3) is 0.786. The third kappa shape index (κ3) is 4.07. The topological polar surface area (TPSA) is 24.9 Å². The first-order valence-electron chi connectivity index (χ1n) is 6.89. The lowest BCUT2D eigenvalue weighted by Gasteiger charge is -2.27.